The lowest BCUT2D eigenvalue weighted by Crippen LogP contribution is -2.31. The first-order valence-corrected chi connectivity index (χ1v) is 9.05. The third-order valence-electron chi connectivity index (χ3n) is 4.37. The minimum absolute atomic E-state index is 0.108. The Kier molecular flexibility index (Phi) is 6.09. The summed E-state index contributed by atoms with van der Waals surface area (Å²) in [7, 11) is 0. The standard InChI is InChI=1S/C21H16F4N2O4/c1-2-31-20(30)16-18(28)17(12-7-9-14(22)10-8-12)26-27(19(16)29)11-13-5-3-4-6-15(13)21(23,24)25/h3-10,28H,2,11H2,1H3. The van der Waals surface area contributed by atoms with E-state index in [0.29, 0.717) is 4.68 Å². The molecule has 1 aromatic heterocycles. The number of benzene rings is 2. The van der Waals surface area contributed by atoms with E-state index in [0.717, 1.165) is 18.2 Å². The second-order valence-electron chi connectivity index (χ2n) is 6.42. The summed E-state index contributed by atoms with van der Waals surface area (Å²) in [6.07, 6.45) is -4.68. The van der Waals surface area contributed by atoms with E-state index < -0.39 is 46.9 Å². The minimum atomic E-state index is -4.68. The average Bonchev–Trinajstić information content (AvgIpc) is 2.71. The van der Waals surface area contributed by atoms with Crippen LogP contribution in [0.1, 0.15) is 28.4 Å². The zero-order valence-corrected chi connectivity index (χ0v) is 16.1. The van der Waals surface area contributed by atoms with Crippen molar-refractivity contribution in [1.29, 1.82) is 0 Å². The fraction of sp³-hybridized carbons (Fsp3) is 0.190. The van der Waals surface area contributed by atoms with Gasteiger partial charge in [0.25, 0.3) is 5.56 Å². The Balaban J connectivity index is 2.22. The van der Waals surface area contributed by atoms with Gasteiger partial charge in [-0.05, 0) is 42.8 Å². The SMILES string of the molecule is CCOC(=O)c1c(O)c(-c2ccc(F)cc2)nn(Cc2ccccc2C(F)(F)F)c1=O. The van der Waals surface area contributed by atoms with Crippen LogP contribution in [0.5, 0.6) is 5.75 Å². The summed E-state index contributed by atoms with van der Waals surface area (Å²) < 4.78 is 58.8. The monoisotopic (exact) mass is 436 g/mol. The van der Waals surface area contributed by atoms with Crippen LogP contribution in [0, 0.1) is 5.82 Å². The molecular weight excluding hydrogens is 420 g/mol. The van der Waals surface area contributed by atoms with Crippen molar-refractivity contribution in [2.45, 2.75) is 19.6 Å². The van der Waals surface area contributed by atoms with Crippen LogP contribution >= 0.6 is 0 Å². The summed E-state index contributed by atoms with van der Waals surface area (Å²) in [6, 6.07) is 9.20. The number of hydrogen-bond donors (Lipinski definition) is 1. The highest BCUT2D eigenvalue weighted by Gasteiger charge is 2.33. The van der Waals surface area contributed by atoms with Crippen LogP contribution in [0.4, 0.5) is 17.6 Å². The highest BCUT2D eigenvalue weighted by atomic mass is 19.4. The molecule has 0 aliphatic heterocycles. The fourth-order valence-corrected chi connectivity index (χ4v) is 2.95. The van der Waals surface area contributed by atoms with Crippen LogP contribution in [0.15, 0.2) is 53.3 Å². The molecule has 0 fully saturated rings. The number of carbonyl (C=O) groups excluding carboxylic acids is 1. The number of ether oxygens (including phenoxy) is 1. The van der Waals surface area contributed by atoms with E-state index in [1.165, 1.54) is 37.3 Å². The van der Waals surface area contributed by atoms with Gasteiger partial charge in [-0.1, -0.05) is 18.2 Å². The van der Waals surface area contributed by atoms with Gasteiger partial charge < -0.3 is 9.84 Å². The number of aromatic nitrogens is 2. The summed E-state index contributed by atoms with van der Waals surface area (Å²) in [4.78, 5) is 25.1. The first-order chi connectivity index (χ1) is 14.6. The number of alkyl halides is 3. The van der Waals surface area contributed by atoms with Crippen molar-refractivity contribution in [3.8, 4) is 17.0 Å². The molecule has 0 spiro atoms. The molecule has 10 heteroatoms. The van der Waals surface area contributed by atoms with Crippen molar-refractivity contribution in [3.05, 3.63) is 81.4 Å². The van der Waals surface area contributed by atoms with Crippen LogP contribution in [-0.4, -0.2) is 27.5 Å². The van der Waals surface area contributed by atoms with Crippen molar-refractivity contribution < 1.29 is 32.2 Å². The Bertz CT molecular complexity index is 1170. The molecule has 6 nitrogen and oxygen atoms in total. The molecule has 1 heterocycles. The molecule has 0 radical (unpaired) electrons. The average molecular weight is 436 g/mol. The van der Waals surface area contributed by atoms with Crippen LogP contribution in [0.3, 0.4) is 0 Å². The van der Waals surface area contributed by atoms with Gasteiger partial charge in [0.05, 0.1) is 18.7 Å². The highest BCUT2D eigenvalue weighted by molar-refractivity contribution is 5.94. The Hall–Kier alpha value is -3.69. The predicted molar refractivity (Wildman–Crippen MR) is 102 cm³/mol. The maximum absolute atomic E-state index is 13.3. The van der Waals surface area contributed by atoms with Gasteiger partial charge in [-0.15, -0.1) is 0 Å². The third kappa shape index (κ3) is 4.57. The summed E-state index contributed by atoms with van der Waals surface area (Å²) >= 11 is 0. The van der Waals surface area contributed by atoms with E-state index in [1.807, 2.05) is 0 Å². The van der Waals surface area contributed by atoms with Crippen LogP contribution in [-0.2, 0) is 17.5 Å². The molecule has 0 unspecified atom stereocenters. The lowest BCUT2D eigenvalue weighted by Gasteiger charge is -2.16. The molecule has 1 N–H and O–H groups in total. The lowest BCUT2D eigenvalue weighted by atomic mass is 10.1. The van der Waals surface area contributed by atoms with E-state index in [4.69, 9.17) is 4.74 Å². The molecule has 2 aromatic carbocycles. The molecule has 0 amide bonds. The van der Waals surface area contributed by atoms with E-state index in [1.54, 1.807) is 0 Å². The van der Waals surface area contributed by atoms with Crippen molar-refractivity contribution in [2.24, 2.45) is 0 Å². The maximum Gasteiger partial charge on any atom is 0.416 e. The Morgan fingerprint density at radius 3 is 2.39 bits per heavy atom. The first-order valence-electron chi connectivity index (χ1n) is 9.05. The molecule has 0 aliphatic carbocycles. The fourth-order valence-electron chi connectivity index (χ4n) is 2.95. The van der Waals surface area contributed by atoms with Gasteiger partial charge in [0, 0.05) is 5.56 Å². The zero-order chi connectivity index (χ0) is 22.8. The highest BCUT2D eigenvalue weighted by Crippen LogP contribution is 2.33. The Morgan fingerprint density at radius 1 is 1.13 bits per heavy atom. The summed E-state index contributed by atoms with van der Waals surface area (Å²) in [6.45, 7) is 0.743. The van der Waals surface area contributed by atoms with Crippen molar-refractivity contribution in [1.82, 2.24) is 9.78 Å². The predicted octanol–water partition coefficient (Wildman–Crippen LogP) is 4.00. The molecule has 3 rings (SSSR count). The van der Waals surface area contributed by atoms with Gasteiger partial charge in [0.2, 0.25) is 0 Å². The number of esters is 1. The van der Waals surface area contributed by atoms with E-state index in [-0.39, 0.29) is 23.4 Å². The number of aromatic hydroxyl groups is 1. The third-order valence-corrected chi connectivity index (χ3v) is 4.37. The molecule has 31 heavy (non-hydrogen) atoms. The second-order valence-corrected chi connectivity index (χ2v) is 6.42. The molecule has 0 atom stereocenters. The largest absolute Gasteiger partial charge is 0.505 e. The maximum atomic E-state index is 13.3. The minimum Gasteiger partial charge on any atom is -0.505 e. The van der Waals surface area contributed by atoms with E-state index >= 15 is 0 Å². The molecule has 162 valence electrons. The number of carbonyl (C=O) groups is 1. The lowest BCUT2D eigenvalue weighted by molar-refractivity contribution is -0.138. The zero-order valence-electron chi connectivity index (χ0n) is 16.1. The molecular formula is C21H16F4N2O4. The second kappa shape index (κ2) is 8.58. The van der Waals surface area contributed by atoms with Gasteiger partial charge >= 0.3 is 12.1 Å². The van der Waals surface area contributed by atoms with Gasteiger partial charge in [-0.25, -0.2) is 13.9 Å². The number of halogens is 4. The van der Waals surface area contributed by atoms with Crippen LogP contribution in [0.25, 0.3) is 11.3 Å². The number of rotatable bonds is 5. The summed E-state index contributed by atoms with van der Waals surface area (Å²) in [5.41, 5.74) is -3.29. The van der Waals surface area contributed by atoms with Gasteiger partial charge in [0.1, 0.15) is 11.5 Å². The first kappa shape index (κ1) is 22.0. The van der Waals surface area contributed by atoms with Gasteiger partial charge in [-0.2, -0.15) is 18.3 Å². The molecule has 0 saturated carbocycles. The number of nitrogens with zero attached hydrogens (tertiary/aromatic N) is 2. The number of hydrogen-bond acceptors (Lipinski definition) is 5. The molecule has 0 aliphatic rings. The Morgan fingerprint density at radius 2 is 1.77 bits per heavy atom. The van der Waals surface area contributed by atoms with Crippen LogP contribution < -0.4 is 5.56 Å². The Labute approximate surface area is 173 Å². The molecule has 0 bridgehead atoms. The topological polar surface area (TPSA) is 81.4 Å². The van der Waals surface area contributed by atoms with E-state index in [9.17, 15) is 32.3 Å². The normalized spacial score (nSPS) is 11.4. The van der Waals surface area contributed by atoms with E-state index in [2.05, 4.69) is 5.10 Å². The van der Waals surface area contributed by atoms with Gasteiger partial charge in [0.15, 0.2) is 11.3 Å². The molecule has 3 aromatic rings. The van der Waals surface area contributed by atoms with Crippen molar-refractivity contribution in [3.63, 3.8) is 0 Å². The van der Waals surface area contributed by atoms with Crippen molar-refractivity contribution in [2.75, 3.05) is 6.61 Å². The summed E-state index contributed by atoms with van der Waals surface area (Å²) in [5, 5.41) is 14.5. The van der Waals surface area contributed by atoms with Gasteiger partial charge in [-0.3, -0.25) is 4.79 Å². The van der Waals surface area contributed by atoms with Crippen molar-refractivity contribution >= 4 is 5.97 Å². The van der Waals surface area contributed by atoms with Crippen LogP contribution in [0.2, 0.25) is 0 Å². The quantitative estimate of drug-likeness (QED) is 0.483. The molecule has 0 saturated heterocycles. The smallest absolute Gasteiger partial charge is 0.416 e. The summed E-state index contributed by atoms with van der Waals surface area (Å²) in [5.74, 6) is -2.55.